The number of likely N-dealkylation sites (N-methyl/N-ethyl adjacent to an activating group) is 1. The molecule has 0 fully saturated rings. The van der Waals surface area contributed by atoms with Gasteiger partial charge in [-0.2, -0.15) is 0 Å². The number of phosphoric acid groups is 1. The van der Waals surface area contributed by atoms with Crippen LogP contribution >= 0.6 is 7.82 Å². The average Bonchev–Trinajstić information content (AvgIpc) is 2.14. The van der Waals surface area contributed by atoms with Crippen molar-refractivity contribution in [2.24, 2.45) is 0 Å². The minimum atomic E-state index is -4.41. The van der Waals surface area contributed by atoms with Crippen molar-refractivity contribution in [3.63, 3.8) is 0 Å². The molecule has 0 aliphatic rings. The van der Waals surface area contributed by atoms with Gasteiger partial charge in [-0.15, -0.1) is 0 Å². The summed E-state index contributed by atoms with van der Waals surface area (Å²) in [6.45, 7) is 4.18. The molecule has 520 valence electrons. The Morgan fingerprint density at radius 1 is 0.337 bits per heavy atom. The number of carbonyl (C=O) groups excluding carboxylic acids is 2. The van der Waals surface area contributed by atoms with E-state index in [9.17, 15) is 19.0 Å². The molecule has 10 heteroatoms. The molecule has 0 aliphatic carbocycles. The largest absolute Gasteiger partial charge is 0.472 e. The van der Waals surface area contributed by atoms with Crippen LogP contribution in [0.2, 0.25) is 0 Å². The Bertz CT molecular complexity index is 2210. The average molecular weight is 1290 g/mol. The highest BCUT2D eigenvalue weighted by molar-refractivity contribution is 7.47. The van der Waals surface area contributed by atoms with E-state index in [1.165, 1.54) is 83.5 Å². The van der Waals surface area contributed by atoms with Crippen LogP contribution in [-0.2, 0) is 32.7 Å². The molecule has 0 aliphatic heterocycles. The molecule has 0 saturated carbocycles. The molecular formula is C82H135NO8P+. The second kappa shape index (κ2) is 70.4. The van der Waals surface area contributed by atoms with Gasteiger partial charge in [-0.05, 0) is 135 Å². The molecule has 0 radical (unpaired) electrons. The molecule has 0 saturated heterocycles. The van der Waals surface area contributed by atoms with E-state index in [2.05, 4.69) is 196 Å². The number of hydrogen-bond acceptors (Lipinski definition) is 7. The molecule has 0 bridgehead atoms. The maximum Gasteiger partial charge on any atom is 0.472 e. The monoisotopic (exact) mass is 1290 g/mol. The van der Waals surface area contributed by atoms with Gasteiger partial charge in [0.25, 0.3) is 0 Å². The zero-order valence-corrected chi connectivity index (χ0v) is 60.1. The van der Waals surface area contributed by atoms with Gasteiger partial charge in [-0.25, -0.2) is 4.57 Å². The van der Waals surface area contributed by atoms with Gasteiger partial charge in [0.05, 0.1) is 27.7 Å². The minimum absolute atomic E-state index is 0.0197. The van der Waals surface area contributed by atoms with E-state index in [1.54, 1.807) is 0 Å². The Morgan fingerprint density at radius 3 is 0.870 bits per heavy atom. The van der Waals surface area contributed by atoms with Gasteiger partial charge in [0.15, 0.2) is 6.10 Å². The summed E-state index contributed by atoms with van der Waals surface area (Å²) in [6, 6.07) is 0. The van der Waals surface area contributed by atoms with Crippen LogP contribution < -0.4 is 0 Å². The van der Waals surface area contributed by atoms with Gasteiger partial charge in [-0.1, -0.05) is 305 Å². The SMILES string of the molecule is CC/C=C\C/C=C\C/C=C\C/C=C\C/C=C\C/C=C\C/C=C\C/C=C\CCCCCCCCC(=O)OC(COC(=O)CCCCCCCCCCCCCCCCC/C=C\C/C=C\C/C=C\C/C=C\C/C=C\C/C=C\C/C=C\CC)COP(=O)(O)OCC[N+](C)(C)C. The third-order valence-corrected chi connectivity index (χ3v) is 15.9. The maximum atomic E-state index is 12.9. The minimum Gasteiger partial charge on any atom is -0.462 e. The van der Waals surface area contributed by atoms with Crippen LogP contribution in [0.25, 0.3) is 0 Å². The van der Waals surface area contributed by atoms with Crippen LogP contribution in [-0.4, -0.2) is 74.9 Å². The Balaban J connectivity index is 4.11. The topological polar surface area (TPSA) is 108 Å². The highest BCUT2D eigenvalue weighted by atomic mass is 31.2. The summed E-state index contributed by atoms with van der Waals surface area (Å²) in [6.07, 6.45) is 109. The maximum absolute atomic E-state index is 12.9. The molecule has 0 aromatic heterocycles. The predicted octanol–water partition coefficient (Wildman–Crippen LogP) is 24.3. The van der Waals surface area contributed by atoms with Crippen molar-refractivity contribution in [1.29, 1.82) is 0 Å². The molecule has 0 heterocycles. The third kappa shape index (κ3) is 74.2. The highest BCUT2D eigenvalue weighted by Crippen LogP contribution is 2.43. The summed E-state index contributed by atoms with van der Waals surface area (Å²) in [5.41, 5.74) is 0. The van der Waals surface area contributed by atoms with E-state index in [0.717, 1.165) is 154 Å². The molecule has 0 amide bonds. The Morgan fingerprint density at radius 2 is 0.587 bits per heavy atom. The number of hydrogen-bond donors (Lipinski definition) is 1. The van der Waals surface area contributed by atoms with Crippen LogP contribution in [0.5, 0.6) is 0 Å². The number of unbranched alkanes of at least 4 members (excludes halogenated alkanes) is 21. The van der Waals surface area contributed by atoms with Crippen LogP contribution in [0.3, 0.4) is 0 Å². The fourth-order valence-corrected chi connectivity index (χ4v) is 10.2. The molecule has 2 atom stereocenters. The third-order valence-electron chi connectivity index (χ3n) is 14.9. The van der Waals surface area contributed by atoms with Crippen LogP contribution in [0.4, 0.5) is 0 Å². The number of nitrogens with zero attached hydrogens (tertiary/aromatic N) is 1. The van der Waals surface area contributed by atoms with Gasteiger partial charge >= 0.3 is 19.8 Å². The van der Waals surface area contributed by atoms with Crippen molar-refractivity contribution in [3.05, 3.63) is 182 Å². The lowest BCUT2D eigenvalue weighted by Gasteiger charge is -2.24. The van der Waals surface area contributed by atoms with E-state index in [1.807, 2.05) is 21.1 Å². The van der Waals surface area contributed by atoms with Crippen molar-refractivity contribution < 1.29 is 42.1 Å². The van der Waals surface area contributed by atoms with E-state index in [0.29, 0.717) is 17.4 Å². The Hall–Kier alpha value is -4.89. The number of esters is 2. The lowest BCUT2D eigenvalue weighted by Crippen LogP contribution is -2.37. The summed E-state index contributed by atoms with van der Waals surface area (Å²) in [5.74, 6) is -0.822. The first-order chi connectivity index (χ1) is 45.0. The van der Waals surface area contributed by atoms with Gasteiger partial charge in [0, 0.05) is 12.8 Å². The van der Waals surface area contributed by atoms with E-state index < -0.39 is 26.5 Å². The molecule has 0 aromatic rings. The van der Waals surface area contributed by atoms with E-state index in [4.69, 9.17) is 18.5 Å². The first-order valence-electron chi connectivity index (χ1n) is 36.5. The van der Waals surface area contributed by atoms with E-state index >= 15 is 0 Å². The van der Waals surface area contributed by atoms with Crippen LogP contribution in [0.1, 0.15) is 271 Å². The molecule has 1 N–H and O–H groups in total. The first kappa shape index (κ1) is 87.1. The van der Waals surface area contributed by atoms with Crippen molar-refractivity contribution in [2.45, 2.75) is 277 Å². The number of ether oxygens (including phenoxy) is 2. The standard InChI is InChI=1S/C82H134NO8P/c1-6-8-10-12-14-16-18-20-22-24-26-28-30-32-34-36-38-39-40-41-42-43-45-46-48-50-52-54-56-58-60-62-64-66-68-70-72-74-81(84)88-78-80(79-90-92(86,87)89-77-76-83(3,4)5)91-82(85)75-73-71-69-67-65-63-61-59-57-55-53-51-49-47-44-37-35-33-31-29-27-25-23-21-19-17-15-13-11-9-7-2/h8-11,14-17,20-23,26-29,32-35,38-39,41-42,44,47,51,53,57,59,80H,6-7,12-13,18-19,24-25,30-31,36-37,40,43,45-46,48-50,52,54-56,58,60-79H2,1-5H3/p+1/b10-8-,11-9-,16-14-,17-15-,22-20-,23-21-,28-26-,29-27-,34-32-,35-33-,39-38-,42-41-,47-44-,53-51-,59-57-. The van der Waals surface area contributed by atoms with Crippen molar-refractivity contribution in [1.82, 2.24) is 0 Å². The second-order valence-electron chi connectivity index (χ2n) is 24.9. The number of rotatable bonds is 65. The van der Waals surface area contributed by atoms with Crippen molar-refractivity contribution in [3.8, 4) is 0 Å². The Labute approximate surface area is 565 Å². The number of allylic oxidation sites excluding steroid dienone is 30. The van der Waals surface area contributed by atoms with Gasteiger partial charge in [0.1, 0.15) is 19.8 Å². The van der Waals surface area contributed by atoms with Crippen molar-refractivity contribution >= 4 is 19.8 Å². The van der Waals surface area contributed by atoms with Gasteiger partial charge in [0.2, 0.25) is 0 Å². The second-order valence-corrected chi connectivity index (χ2v) is 26.3. The summed E-state index contributed by atoms with van der Waals surface area (Å²) in [7, 11) is 1.45. The number of quaternary nitrogens is 1. The predicted molar refractivity (Wildman–Crippen MR) is 399 cm³/mol. The van der Waals surface area contributed by atoms with Gasteiger partial charge < -0.3 is 18.9 Å². The van der Waals surface area contributed by atoms with E-state index in [-0.39, 0.29) is 32.0 Å². The molecular weight excluding hydrogens is 1160 g/mol. The summed E-state index contributed by atoms with van der Waals surface area (Å²) < 4.78 is 34.7. The van der Waals surface area contributed by atoms with Crippen LogP contribution in [0, 0.1) is 0 Å². The van der Waals surface area contributed by atoms with Crippen LogP contribution in [0.15, 0.2) is 182 Å². The normalized spacial score (nSPS) is 14.2. The quantitative estimate of drug-likeness (QED) is 0.0211. The zero-order valence-electron chi connectivity index (χ0n) is 59.2. The lowest BCUT2D eigenvalue weighted by atomic mass is 10.0. The fourth-order valence-electron chi connectivity index (χ4n) is 9.42. The summed E-state index contributed by atoms with van der Waals surface area (Å²) >= 11 is 0. The molecule has 0 rings (SSSR count). The first-order valence-corrected chi connectivity index (χ1v) is 38.0. The van der Waals surface area contributed by atoms with Gasteiger partial charge in [-0.3, -0.25) is 18.6 Å². The summed E-state index contributed by atoms with van der Waals surface area (Å²) in [5, 5.41) is 0. The molecule has 0 aromatic carbocycles. The molecule has 92 heavy (non-hydrogen) atoms. The fraction of sp³-hybridized carbons (Fsp3) is 0.610. The summed E-state index contributed by atoms with van der Waals surface area (Å²) in [4.78, 5) is 35.9. The molecule has 2 unspecified atom stereocenters. The van der Waals surface area contributed by atoms with Crippen molar-refractivity contribution in [2.75, 3.05) is 47.5 Å². The smallest absolute Gasteiger partial charge is 0.462 e. The number of phosphoric ester groups is 1. The zero-order chi connectivity index (χ0) is 66.9. The number of carbonyl (C=O) groups is 2. The Kier molecular flexibility index (Phi) is 66.7. The lowest BCUT2D eigenvalue weighted by molar-refractivity contribution is -0.870. The molecule has 0 spiro atoms. The molecule has 9 nitrogen and oxygen atoms in total. The highest BCUT2D eigenvalue weighted by Gasteiger charge is 2.27.